The van der Waals surface area contributed by atoms with Crippen molar-refractivity contribution in [3.63, 3.8) is 0 Å². The van der Waals surface area contributed by atoms with Crippen LogP contribution >= 0.6 is 0 Å². The lowest BCUT2D eigenvalue weighted by atomic mass is 10.1. The third kappa shape index (κ3) is 2.36. The summed E-state index contributed by atoms with van der Waals surface area (Å²) in [5.41, 5.74) is 1.39. The number of hydrogen-bond acceptors (Lipinski definition) is 5. The van der Waals surface area contributed by atoms with Crippen LogP contribution in [0.1, 0.15) is 11.6 Å². The molecule has 2 aliphatic rings. The van der Waals surface area contributed by atoms with Gasteiger partial charge in [-0.3, -0.25) is 9.58 Å². The average Bonchev–Trinajstić information content (AvgIpc) is 3.15. The molecule has 2 aromatic rings. The summed E-state index contributed by atoms with van der Waals surface area (Å²) in [5, 5.41) is 16.0. The van der Waals surface area contributed by atoms with E-state index in [4.69, 9.17) is 5.26 Å². The number of nitrogens with zero attached hydrogens (tertiary/aromatic N) is 6. The molecule has 2 aromatic heterocycles. The van der Waals surface area contributed by atoms with E-state index < -0.39 is 0 Å². The Balaban J connectivity index is 1.41. The molecular weight excluding hydrogens is 294 g/mol. The molecule has 0 bridgehead atoms. The summed E-state index contributed by atoms with van der Waals surface area (Å²) in [7, 11) is 0. The maximum absolute atomic E-state index is 11.7. The fourth-order valence-corrected chi connectivity index (χ4v) is 2.83. The molecule has 0 spiro atoms. The molecule has 2 fully saturated rings. The fraction of sp³-hybridized carbons (Fsp3) is 0.333. The quantitative estimate of drug-likeness (QED) is 0.903. The van der Waals surface area contributed by atoms with Gasteiger partial charge in [-0.25, -0.2) is 9.78 Å². The van der Waals surface area contributed by atoms with Crippen molar-refractivity contribution in [3.8, 4) is 6.07 Å². The number of carbonyl (C=O) groups excluding carboxylic acids is 1. The lowest BCUT2D eigenvalue weighted by Gasteiger charge is -2.40. The summed E-state index contributed by atoms with van der Waals surface area (Å²) in [6.07, 6.45) is 5.23. The first-order valence-corrected chi connectivity index (χ1v) is 7.45. The Morgan fingerprint density at radius 3 is 2.83 bits per heavy atom. The highest BCUT2D eigenvalue weighted by Gasteiger charge is 2.31. The summed E-state index contributed by atoms with van der Waals surface area (Å²) >= 11 is 0. The second kappa shape index (κ2) is 5.28. The van der Waals surface area contributed by atoms with Crippen LogP contribution in [0.3, 0.4) is 0 Å². The van der Waals surface area contributed by atoms with Gasteiger partial charge in [-0.1, -0.05) is 0 Å². The highest BCUT2D eigenvalue weighted by molar-refractivity contribution is 5.93. The number of hydrogen-bond donors (Lipinski definition) is 1. The van der Waals surface area contributed by atoms with Crippen molar-refractivity contribution in [1.82, 2.24) is 20.1 Å². The minimum absolute atomic E-state index is 0.0680. The molecule has 0 aromatic carbocycles. The van der Waals surface area contributed by atoms with Gasteiger partial charge in [0.1, 0.15) is 11.9 Å². The van der Waals surface area contributed by atoms with Crippen molar-refractivity contribution in [2.75, 3.05) is 36.0 Å². The van der Waals surface area contributed by atoms with E-state index in [-0.39, 0.29) is 12.1 Å². The minimum atomic E-state index is -0.0680. The van der Waals surface area contributed by atoms with Crippen LogP contribution in [0.25, 0.3) is 0 Å². The first kappa shape index (κ1) is 13.6. The van der Waals surface area contributed by atoms with Crippen LogP contribution in [0.4, 0.5) is 16.3 Å². The zero-order chi connectivity index (χ0) is 15.8. The second-order valence-electron chi connectivity index (χ2n) is 5.64. The number of amides is 2. The molecule has 2 amide bonds. The van der Waals surface area contributed by atoms with Crippen LogP contribution in [-0.4, -0.2) is 47.0 Å². The van der Waals surface area contributed by atoms with E-state index in [1.54, 1.807) is 23.4 Å². The predicted molar refractivity (Wildman–Crippen MR) is 83.2 cm³/mol. The second-order valence-corrected chi connectivity index (χ2v) is 5.64. The Morgan fingerprint density at radius 1 is 1.30 bits per heavy atom. The van der Waals surface area contributed by atoms with Gasteiger partial charge in [0.05, 0.1) is 23.5 Å². The van der Waals surface area contributed by atoms with Crippen molar-refractivity contribution in [1.29, 1.82) is 5.26 Å². The largest absolute Gasteiger partial charge is 0.352 e. The summed E-state index contributed by atoms with van der Waals surface area (Å²) in [6, 6.07) is 5.90. The van der Waals surface area contributed by atoms with E-state index in [9.17, 15) is 4.79 Å². The number of aromatic nitrogens is 3. The highest BCUT2D eigenvalue weighted by Crippen LogP contribution is 2.27. The standard InChI is InChI=1S/C15H15N7O/c16-5-11-1-2-14(18-6-11)20-8-13(9-20)22-10-12(7-19-22)21-4-3-17-15(21)23/h1-2,6-7,10,13H,3-4,8-9H2,(H,17,23). The molecule has 0 unspecified atom stereocenters. The molecule has 4 rings (SSSR count). The van der Waals surface area contributed by atoms with E-state index in [2.05, 4.69) is 26.4 Å². The number of carbonyl (C=O) groups is 1. The maximum atomic E-state index is 11.7. The zero-order valence-corrected chi connectivity index (χ0v) is 12.4. The van der Waals surface area contributed by atoms with Crippen LogP contribution < -0.4 is 15.1 Å². The van der Waals surface area contributed by atoms with Gasteiger partial charge in [0.15, 0.2) is 0 Å². The molecule has 2 saturated heterocycles. The van der Waals surface area contributed by atoms with Crippen LogP contribution in [0, 0.1) is 11.3 Å². The summed E-state index contributed by atoms with van der Waals surface area (Å²) in [4.78, 5) is 19.8. The fourth-order valence-electron chi connectivity index (χ4n) is 2.83. The van der Waals surface area contributed by atoms with Gasteiger partial charge >= 0.3 is 6.03 Å². The van der Waals surface area contributed by atoms with Crippen molar-refractivity contribution in [3.05, 3.63) is 36.3 Å². The summed E-state index contributed by atoms with van der Waals surface area (Å²) in [5.74, 6) is 0.867. The van der Waals surface area contributed by atoms with Crippen molar-refractivity contribution in [2.24, 2.45) is 0 Å². The van der Waals surface area contributed by atoms with Gasteiger partial charge in [-0.2, -0.15) is 10.4 Å². The first-order chi connectivity index (χ1) is 11.2. The molecule has 2 aliphatic heterocycles. The van der Waals surface area contributed by atoms with Gasteiger partial charge in [0.25, 0.3) is 0 Å². The number of rotatable bonds is 3. The molecule has 0 atom stereocenters. The van der Waals surface area contributed by atoms with Crippen LogP contribution in [0.2, 0.25) is 0 Å². The predicted octanol–water partition coefficient (Wildman–Crippen LogP) is 0.741. The van der Waals surface area contributed by atoms with Gasteiger partial charge in [0.2, 0.25) is 0 Å². The monoisotopic (exact) mass is 309 g/mol. The zero-order valence-electron chi connectivity index (χ0n) is 12.4. The Kier molecular flexibility index (Phi) is 3.12. The molecule has 116 valence electrons. The third-order valence-corrected chi connectivity index (χ3v) is 4.19. The third-order valence-electron chi connectivity index (χ3n) is 4.19. The van der Waals surface area contributed by atoms with E-state index in [1.165, 1.54) is 0 Å². The lowest BCUT2D eigenvalue weighted by Crippen LogP contribution is -2.48. The Morgan fingerprint density at radius 2 is 2.17 bits per heavy atom. The van der Waals surface area contributed by atoms with Crippen LogP contribution in [0.15, 0.2) is 30.7 Å². The van der Waals surface area contributed by atoms with Gasteiger partial charge in [0, 0.05) is 38.6 Å². The highest BCUT2D eigenvalue weighted by atomic mass is 16.2. The topological polar surface area (TPSA) is 90.1 Å². The Hall–Kier alpha value is -3.08. The first-order valence-electron chi connectivity index (χ1n) is 7.45. The minimum Gasteiger partial charge on any atom is -0.352 e. The SMILES string of the molecule is N#Cc1ccc(N2CC(n3cc(N4CCNC4=O)cn3)C2)nc1. The lowest BCUT2D eigenvalue weighted by molar-refractivity contribution is 0.252. The number of nitrogens with one attached hydrogen (secondary N) is 1. The van der Waals surface area contributed by atoms with Gasteiger partial charge in [-0.05, 0) is 12.1 Å². The van der Waals surface area contributed by atoms with Crippen molar-refractivity contribution < 1.29 is 4.79 Å². The molecule has 8 heteroatoms. The molecular formula is C15H15N7O. The average molecular weight is 309 g/mol. The van der Waals surface area contributed by atoms with Crippen molar-refractivity contribution in [2.45, 2.75) is 6.04 Å². The molecule has 0 saturated carbocycles. The molecule has 1 N–H and O–H groups in total. The van der Waals surface area contributed by atoms with E-state index in [0.29, 0.717) is 18.7 Å². The van der Waals surface area contributed by atoms with E-state index in [1.807, 2.05) is 16.9 Å². The Bertz CT molecular complexity index is 770. The Labute approximate surface area is 132 Å². The van der Waals surface area contributed by atoms with Gasteiger partial charge < -0.3 is 10.2 Å². The number of urea groups is 1. The van der Waals surface area contributed by atoms with Crippen LogP contribution in [-0.2, 0) is 0 Å². The molecule has 0 radical (unpaired) electrons. The molecule has 23 heavy (non-hydrogen) atoms. The number of nitriles is 1. The maximum Gasteiger partial charge on any atom is 0.322 e. The summed E-state index contributed by atoms with van der Waals surface area (Å²) in [6.45, 7) is 2.97. The van der Waals surface area contributed by atoms with E-state index in [0.717, 1.165) is 24.6 Å². The molecule has 0 aliphatic carbocycles. The summed E-state index contributed by atoms with van der Waals surface area (Å²) < 4.78 is 1.90. The number of pyridine rings is 1. The smallest absolute Gasteiger partial charge is 0.322 e. The van der Waals surface area contributed by atoms with Crippen molar-refractivity contribution >= 4 is 17.5 Å². The van der Waals surface area contributed by atoms with Gasteiger partial charge in [-0.15, -0.1) is 0 Å². The van der Waals surface area contributed by atoms with E-state index >= 15 is 0 Å². The normalized spacial score (nSPS) is 17.8. The molecule has 8 nitrogen and oxygen atoms in total. The number of anilines is 2. The molecule has 4 heterocycles. The van der Waals surface area contributed by atoms with Crippen LogP contribution in [0.5, 0.6) is 0 Å².